The number of hydrogen-bond acceptors (Lipinski definition) is 9. The smallest absolute Gasteiger partial charge is 0.300 e. The molecule has 0 radical (unpaired) electrons. The first-order valence-electron chi connectivity index (χ1n) is 13.7. The first kappa shape index (κ1) is 29.9. The number of pyridine rings is 2. The number of nitrogens with one attached hydrogen (secondary N) is 3. The van der Waals surface area contributed by atoms with Gasteiger partial charge >= 0.3 is 0 Å². The number of para-hydroxylation sites is 2. The SMILES string of the molecule is CC(=O)O.COC(CN=C1Nc2cccnc2Nc2ccccc21)OC.c1ccc2c(c1)Nc1ncccc1-n1ccnc1-2. The van der Waals surface area contributed by atoms with E-state index in [2.05, 4.69) is 46.5 Å². The molecule has 2 aliphatic rings. The number of ether oxygens (including phenoxy) is 2. The topological polar surface area (TPSA) is 148 Å². The number of imidazole rings is 1. The fourth-order valence-electron chi connectivity index (χ4n) is 4.56. The Kier molecular flexibility index (Phi) is 9.54. The quantitative estimate of drug-likeness (QED) is 0.188. The van der Waals surface area contributed by atoms with Crippen LogP contribution < -0.4 is 16.0 Å². The second-order valence-corrected chi connectivity index (χ2v) is 9.47. The Morgan fingerprint density at radius 2 is 1.39 bits per heavy atom. The maximum atomic E-state index is 9.00. The number of anilines is 5. The molecule has 0 amide bonds. The molecule has 0 unspecified atom stereocenters. The summed E-state index contributed by atoms with van der Waals surface area (Å²) in [6.45, 7) is 1.49. The van der Waals surface area contributed by atoms with Gasteiger partial charge in [-0.3, -0.25) is 14.4 Å². The number of carboxylic acid groups (broad SMARTS) is 1. The number of carboxylic acids is 1. The summed E-state index contributed by atoms with van der Waals surface area (Å²) >= 11 is 0. The van der Waals surface area contributed by atoms with E-state index in [0.717, 1.165) is 64.1 Å². The highest BCUT2D eigenvalue weighted by Gasteiger charge is 2.20. The molecule has 0 bridgehead atoms. The van der Waals surface area contributed by atoms with Crippen molar-refractivity contribution in [2.75, 3.05) is 36.7 Å². The fourth-order valence-corrected chi connectivity index (χ4v) is 4.56. The Morgan fingerprint density at radius 3 is 2.11 bits per heavy atom. The van der Waals surface area contributed by atoms with Crippen LogP contribution in [-0.4, -0.2) is 63.5 Å². The average Bonchev–Trinajstić information content (AvgIpc) is 3.40. The van der Waals surface area contributed by atoms with Gasteiger partial charge in [0.25, 0.3) is 5.97 Å². The van der Waals surface area contributed by atoms with Crippen molar-refractivity contribution < 1.29 is 19.4 Å². The number of aliphatic carboxylic acids is 1. The van der Waals surface area contributed by atoms with E-state index < -0.39 is 5.97 Å². The lowest BCUT2D eigenvalue weighted by Gasteiger charge is -2.13. The molecular formula is C32H32N8O4. The van der Waals surface area contributed by atoms with Gasteiger partial charge in [0.05, 0.1) is 29.3 Å². The van der Waals surface area contributed by atoms with Gasteiger partial charge in [-0.25, -0.2) is 15.0 Å². The molecule has 44 heavy (non-hydrogen) atoms. The van der Waals surface area contributed by atoms with Gasteiger partial charge in [0.2, 0.25) is 0 Å². The lowest BCUT2D eigenvalue weighted by Crippen LogP contribution is -2.20. The number of benzene rings is 2. The minimum Gasteiger partial charge on any atom is -0.481 e. The van der Waals surface area contributed by atoms with Crippen LogP contribution in [-0.2, 0) is 14.3 Å². The van der Waals surface area contributed by atoms with Gasteiger partial charge in [-0.15, -0.1) is 0 Å². The third-order valence-corrected chi connectivity index (χ3v) is 6.53. The summed E-state index contributed by atoms with van der Waals surface area (Å²) in [4.78, 5) is 26.8. The van der Waals surface area contributed by atoms with Gasteiger partial charge in [-0.2, -0.15) is 0 Å². The Hall–Kier alpha value is -5.59. The number of nitrogens with zero attached hydrogens (tertiary/aromatic N) is 5. The maximum absolute atomic E-state index is 9.00. The minimum absolute atomic E-state index is 0.369. The number of carbonyl (C=O) groups is 1. The first-order chi connectivity index (χ1) is 21.5. The normalized spacial score (nSPS) is 12.8. The molecule has 2 aliphatic heterocycles. The molecule has 0 spiro atoms. The predicted octanol–water partition coefficient (Wildman–Crippen LogP) is 5.70. The summed E-state index contributed by atoms with van der Waals surface area (Å²) in [5, 5.41) is 17.4. The zero-order valence-electron chi connectivity index (χ0n) is 24.4. The third kappa shape index (κ3) is 6.89. The van der Waals surface area contributed by atoms with E-state index in [1.165, 1.54) is 0 Å². The van der Waals surface area contributed by atoms with Crippen LogP contribution in [0.3, 0.4) is 0 Å². The molecule has 0 saturated heterocycles. The van der Waals surface area contributed by atoms with Gasteiger partial charge in [0.1, 0.15) is 11.7 Å². The van der Waals surface area contributed by atoms with Crippen LogP contribution in [0.5, 0.6) is 0 Å². The highest BCUT2D eigenvalue weighted by Crippen LogP contribution is 2.36. The van der Waals surface area contributed by atoms with Crippen molar-refractivity contribution in [1.29, 1.82) is 0 Å². The van der Waals surface area contributed by atoms with Gasteiger partial charge in [0.15, 0.2) is 17.9 Å². The van der Waals surface area contributed by atoms with E-state index in [1.54, 1.807) is 26.6 Å². The minimum atomic E-state index is -0.833. The fraction of sp³-hybridized carbons (Fsp3) is 0.156. The van der Waals surface area contributed by atoms with Crippen molar-refractivity contribution >= 4 is 40.5 Å². The van der Waals surface area contributed by atoms with Gasteiger partial charge in [-0.1, -0.05) is 24.3 Å². The average molecular weight is 593 g/mol. The second kappa shape index (κ2) is 14.1. The summed E-state index contributed by atoms with van der Waals surface area (Å²) in [6.07, 6.45) is 6.94. The lowest BCUT2D eigenvalue weighted by atomic mass is 10.1. The highest BCUT2D eigenvalue weighted by molar-refractivity contribution is 6.14. The third-order valence-electron chi connectivity index (χ3n) is 6.53. The molecule has 3 aromatic heterocycles. The number of fused-ring (bicyclic) bond motifs is 7. The monoisotopic (exact) mass is 592 g/mol. The number of aromatic nitrogens is 4. The summed E-state index contributed by atoms with van der Waals surface area (Å²) < 4.78 is 12.4. The predicted molar refractivity (Wildman–Crippen MR) is 170 cm³/mol. The van der Waals surface area contributed by atoms with Crippen molar-refractivity contribution in [3.63, 3.8) is 0 Å². The van der Waals surface area contributed by atoms with Crippen LogP contribution in [0.25, 0.3) is 17.1 Å². The molecule has 0 aliphatic carbocycles. The summed E-state index contributed by atoms with van der Waals surface area (Å²) in [5.41, 5.74) is 5.94. The number of rotatable bonds is 4. The van der Waals surface area contributed by atoms with E-state index >= 15 is 0 Å². The van der Waals surface area contributed by atoms with Gasteiger partial charge < -0.3 is 30.5 Å². The molecule has 0 atom stereocenters. The molecule has 0 fully saturated rings. The highest BCUT2D eigenvalue weighted by atomic mass is 16.7. The van der Waals surface area contributed by atoms with Crippen molar-refractivity contribution in [2.45, 2.75) is 13.2 Å². The van der Waals surface area contributed by atoms with Crippen molar-refractivity contribution in [3.8, 4) is 17.1 Å². The lowest BCUT2D eigenvalue weighted by molar-refractivity contribution is -0.134. The van der Waals surface area contributed by atoms with Crippen LogP contribution in [0.4, 0.5) is 28.7 Å². The Morgan fingerprint density at radius 1 is 0.795 bits per heavy atom. The molecule has 7 rings (SSSR count). The Bertz CT molecular complexity index is 1700. The number of hydrogen-bond donors (Lipinski definition) is 4. The summed E-state index contributed by atoms with van der Waals surface area (Å²) in [6, 6.07) is 23.9. The van der Waals surface area contributed by atoms with Gasteiger partial charge in [-0.05, 0) is 48.5 Å². The van der Waals surface area contributed by atoms with E-state index in [1.807, 2.05) is 79.1 Å². The molecule has 0 saturated carbocycles. The zero-order valence-corrected chi connectivity index (χ0v) is 24.4. The van der Waals surface area contributed by atoms with Gasteiger partial charge in [0, 0.05) is 57.1 Å². The number of aliphatic imine (C=N–C) groups is 1. The van der Waals surface area contributed by atoms with Crippen LogP contribution in [0.1, 0.15) is 12.5 Å². The standard InChI is InChI=1S/C16H18N4O2.C14H10N4.C2H4O2/c1-21-14(22-2)10-18-15-11-6-3-4-7-12(11)19-16-13(20-15)8-5-9-17-16;1-2-5-11-10(4-1)14-16-8-9-18(14)12-6-3-7-15-13(12)17-11;1-2(3)4/h3-9,14H,10H2,1-2H3,(H,17,19)(H,18,20);1-9H,(H,15,17);1H3,(H,3,4). The van der Waals surface area contributed by atoms with Crippen molar-refractivity contribution in [3.05, 3.63) is 103 Å². The van der Waals surface area contributed by atoms with E-state index in [-0.39, 0.29) is 6.29 Å². The first-order valence-corrected chi connectivity index (χ1v) is 13.7. The van der Waals surface area contributed by atoms with Crippen molar-refractivity contribution in [1.82, 2.24) is 19.5 Å². The van der Waals surface area contributed by atoms with E-state index in [4.69, 9.17) is 19.4 Å². The molecule has 5 heterocycles. The molecule has 12 heteroatoms. The summed E-state index contributed by atoms with van der Waals surface area (Å²) in [7, 11) is 3.20. The van der Waals surface area contributed by atoms with E-state index in [0.29, 0.717) is 6.54 Å². The molecule has 5 aromatic rings. The number of amidine groups is 1. The van der Waals surface area contributed by atoms with Crippen LogP contribution in [0, 0.1) is 0 Å². The Balaban J connectivity index is 0.000000158. The van der Waals surface area contributed by atoms with Crippen LogP contribution in [0.2, 0.25) is 0 Å². The molecule has 4 N–H and O–H groups in total. The molecule has 2 aromatic carbocycles. The van der Waals surface area contributed by atoms with Crippen LogP contribution in [0.15, 0.2) is 103 Å². The zero-order chi connectivity index (χ0) is 30.9. The maximum Gasteiger partial charge on any atom is 0.300 e. The second-order valence-electron chi connectivity index (χ2n) is 9.47. The van der Waals surface area contributed by atoms with E-state index in [9.17, 15) is 0 Å². The molecular weight excluding hydrogens is 560 g/mol. The van der Waals surface area contributed by atoms with Crippen LogP contribution >= 0.6 is 0 Å². The number of methoxy groups -OCH3 is 2. The van der Waals surface area contributed by atoms with Crippen molar-refractivity contribution in [2.24, 2.45) is 4.99 Å². The molecule has 224 valence electrons. The Labute approximate surface area is 254 Å². The largest absolute Gasteiger partial charge is 0.481 e. The summed E-state index contributed by atoms with van der Waals surface area (Å²) in [5.74, 6) is 2.48. The molecule has 12 nitrogen and oxygen atoms in total.